The molecule has 0 bridgehead atoms. The van der Waals surface area contributed by atoms with Crippen molar-refractivity contribution >= 4 is 58.1 Å². The summed E-state index contributed by atoms with van der Waals surface area (Å²) in [5.74, 6) is -5.81. The summed E-state index contributed by atoms with van der Waals surface area (Å²) in [4.78, 5) is 126. The smallest absolute Gasteiger partial charge is 0.343 e. The molecule has 3 atom stereocenters. The number of pyridine rings is 2. The van der Waals surface area contributed by atoms with Crippen molar-refractivity contribution in [1.82, 2.24) is 30.4 Å². The van der Waals surface area contributed by atoms with Crippen LogP contribution in [-0.4, -0.2) is 111 Å². The average Bonchev–Trinajstić information content (AvgIpc) is 3.75. The van der Waals surface area contributed by atoms with Crippen molar-refractivity contribution in [3.63, 3.8) is 0 Å². The van der Waals surface area contributed by atoms with Gasteiger partial charge in [-0.15, -0.1) is 0 Å². The van der Waals surface area contributed by atoms with Crippen LogP contribution < -0.4 is 21.5 Å². The Morgan fingerprint density at radius 2 is 1.58 bits per heavy atom. The first-order chi connectivity index (χ1) is 36.2. The van der Waals surface area contributed by atoms with Gasteiger partial charge in [-0.1, -0.05) is 37.3 Å². The third-order valence-electron chi connectivity index (χ3n) is 13.9. The Bertz CT molecular complexity index is 3070. The quantitative estimate of drug-likeness (QED) is 0.0537. The summed E-state index contributed by atoms with van der Waals surface area (Å²) in [6.07, 6.45) is 0.440. The fourth-order valence-electron chi connectivity index (χ4n) is 10.2. The van der Waals surface area contributed by atoms with Crippen molar-refractivity contribution < 1.29 is 62.1 Å². The number of fused-ring (bicyclic) bond motifs is 5. The number of ketones is 2. The Balaban J connectivity index is 0.980. The number of halogens is 1. The molecule has 0 unspecified atom stereocenters. The number of carbonyl (C=O) groups excluding carboxylic acids is 8. The summed E-state index contributed by atoms with van der Waals surface area (Å²) >= 11 is 0. The predicted molar refractivity (Wildman–Crippen MR) is 279 cm³/mol. The largest absolute Gasteiger partial charge is 0.460 e. The number of hydrogen-bond acceptors (Lipinski definition) is 15. The lowest BCUT2D eigenvalue weighted by atomic mass is 9.81. The maximum Gasteiger partial charge on any atom is 0.343 e. The molecule has 2 aromatic carbocycles. The topological polar surface area (TPSA) is 259 Å². The first kappa shape index (κ1) is 57.5. The van der Waals surface area contributed by atoms with E-state index in [0.717, 1.165) is 5.56 Å². The number of aromatic nitrogens is 2. The van der Waals surface area contributed by atoms with E-state index in [0.29, 0.717) is 63.8 Å². The Kier molecular flexibility index (Phi) is 17.6. The standard InChI is InChI=1S/C57H69FN6O13/c1-9-57(74)40-24-44-51-38(29-64(44)53(72)39(40)31-75-54(57)73)50-42(19-18-37-32(2)41(58)25-43(62-51)49(37)50)61-46(68)27-60-52(71)34(22-33-14-11-10-12-15-33)23-36(66)26-59-45(67)20-17-35(65)28-63(30-48(70)77-56(6,7)8)21-13-16-47(69)76-55(3,4)5/h10-12,14-15,24-25,34,42,74H,9,13,16-23,26-31H2,1-8H3,(H,59,67)(H,60,71)(H,61,68)/t34-,42+,57+/m1/s1. The molecule has 3 amide bonds. The van der Waals surface area contributed by atoms with Crippen LogP contribution in [0, 0.1) is 18.7 Å². The van der Waals surface area contributed by atoms with Crippen LogP contribution in [0.25, 0.3) is 22.3 Å². The maximum atomic E-state index is 15.5. The fourth-order valence-corrected chi connectivity index (χ4v) is 10.2. The second kappa shape index (κ2) is 23.6. The monoisotopic (exact) mass is 1060 g/mol. The van der Waals surface area contributed by atoms with Crippen molar-refractivity contribution in [2.75, 3.05) is 32.7 Å². The van der Waals surface area contributed by atoms with Crippen molar-refractivity contribution in [3.05, 3.63) is 97.6 Å². The molecule has 3 aliphatic rings. The highest BCUT2D eigenvalue weighted by Crippen LogP contribution is 2.46. The lowest BCUT2D eigenvalue weighted by molar-refractivity contribution is -0.172. The zero-order valence-corrected chi connectivity index (χ0v) is 45.1. The van der Waals surface area contributed by atoms with Gasteiger partial charge in [-0.2, -0.15) is 0 Å². The highest BCUT2D eigenvalue weighted by molar-refractivity contribution is 5.95. The molecule has 0 spiro atoms. The summed E-state index contributed by atoms with van der Waals surface area (Å²) in [5, 5.41) is 20.3. The molecule has 4 aromatic rings. The number of nitrogens with zero attached hydrogens (tertiary/aromatic N) is 3. The van der Waals surface area contributed by atoms with Crippen LogP contribution in [0.2, 0.25) is 0 Å². The molecular formula is C57H69FN6O13. The second-order valence-electron chi connectivity index (χ2n) is 22.1. The molecule has 1 aliphatic carbocycles. The second-order valence-corrected chi connectivity index (χ2v) is 22.1. The third-order valence-corrected chi connectivity index (χ3v) is 13.9. The zero-order chi connectivity index (χ0) is 56.1. The molecule has 4 heterocycles. The minimum Gasteiger partial charge on any atom is -0.460 e. The molecule has 0 saturated heterocycles. The minimum absolute atomic E-state index is 0.0380. The summed E-state index contributed by atoms with van der Waals surface area (Å²) in [7, 11) is 0. The van der Waals surface area contributed by atoms with Gasteiger partial charge in [-0.05, 0) is 115 Å². The first-order valence-electron chi connectivity index (χ1n) is 26.1. The minimum atomic E-state index is -2.06. The van der Waals surface area contributed by atoms with Crippen LogP contribution in [0.4, 0.5) is 4.39 Å². The Hall–Kier alpha value is -7.19. The van der Waals surface area contributed by atoms with Crippen LogP contribution in [0.5, 0.6) is 0 Å². The van der Waals surface area contributed by atoms with Gasteiger partial charge in [0.25, 0.3) is 5.56 Å². The molecule has 20 heteroatoms. The Morgan fingerprint density at radius 3 is 2.27 bits per heavy atom. The van der Waals surface area contributed by atoms with E-state index in [1.165, 1.54) is 10.6 Å². The summed E-state index contributed by atoms with van der Waals surface area (Å²) in [6.45, 7) is 12.3. The highest BCUT2D eigenvalue weighted by Gasteiger charge is 2.46. The van der Waals surface area contributed by atoms with Gasteiger partial charge >= 0.3 is 17.9 Å². The van der Waals surface area contributed by atoms with E-state index in [-0.39, 0.29) is 88.2 Å². The van der Waals surface area contributed by atoms with E-state index < -0.39 is 94.6 Å². The number of carbonyl (C=O) groups is 8. The van der Waals surface area contributed by atoms with E-state index in [9.17, 15) is 48.3 Å². The number of amides is 3. The number of aliphatic hydroxyl groups is 1. The number of esters is 3. The van der Waals surface area contributed by atoms with E-state index >= 15 is 4.39 Å². The average molecular weight is 1070 g/mol. The molecule has 4 N–H and O–H groups in total. The van der Waals surface area contributed by atoms with Crippen molar-refractivity contribution in [3.8, 4) is 11.4 Å². The third kappa shape index (κ3) is 13.9. The summed E-state index contributed by atoms with van der Waals surface area (Å²) in [5.41, 5.74) is 0.399. The maximum absolute atomic E-state index is 15.5. The lowest BCUT2D eigenvalue weighted by Crippen LogP contribution is -2.44. The Morgan fingerprint density at radius 1 is 0.883 bits per heavy atom. The number of nitrogens with one attached hydrogen (secondary N) is 3. The van der Waals surface area contributed by atoms with Gasteiger partial charge in [0, 0.05) is 54.2 Å². The van der Waals surface area contributed by atoms with Crippen LogP contribution in [0.15, 0.2) is 47.3 Å². The van der Waals surface area contributed by atoms with Gasteiger partial charge in [0.1, 0.15) is 29.4 Å². The van der Waals surface area contributed by atoms with E-state index in [2.05, 4.69) is 16.0 Å². The van der Waals surface area contributed by atoms with Gasteiger partial charge < -0.3 is 39.8 Å². The van der Waals surface area contributed by atoms with Crippen LogP contribution in [0.3, 0.4) is 0 Å². The van der Waals surface area contributed by atoms with Gasteiger partial charge in [0.15, 0.2) is 11.4 Å². The summed E-state index contributed by atoms with van der Waals surface area (Å²) < 4.78 is 33.0. The molecule has 19 nitrogen and oxygen atoms in total. The number of cyclic esters (lactones) is 1. The number of ether oxygens (including phenoxy) is 3. The molecule has 2 aromatic heterocycles. The number of benzene rings is 2. The number of aryl methyl sites for hydroxylation is 1. The van der Waals surface area contributed by atoms with Crippen LogP contribution in [-0.2, 0) is 84.2 Å². The van der Waals surface area contributed by atoms with Crippen molar-refractivity contribution in [2.45, 2.75) is 149 Å². The van der Waals surface area contributed by atoms with Gasteiger partial charge in [0.2, 0.25) is 17.7 Å². The SMILES string of the molecule is CC[C@@]1(O)C(=O)OCc2c1cc1n(c2=O)Cc2c-1nc1cc(F)c(C)c3c1c2[C@@H](NC(=O)CNC(=O)[C@@H](CC(=O)CNC(=O)CCC(=O)CN(CCCC(=O)OC(C)(C)C)CC(=O)OC(C)(C)C)Cc1ccccc1)CC3. The summed E-state index contributed by atoms with van der Waals surface area (Å²) in [6, 6.07) is 11.2. The fraction of sp³-hybridized carbons (Fsp3) is 0.509. The Labute approximate surface area is 446 Å². The predicted octanol–water partition coefficient (Wildman–Crippen LogP) is 4.80. The van der Waals surface area contributed by atoms with Gasteiger partial charge in [-0.25, -0.2) is 14.2 Å². The number of Topliss-reactive ketones (excluding diaryl/α,β-unsaturated/α-hetero) is 2. The lowest BCUT2D eigenvalue weighted by Gasteiger charge is -2.31. The molecule has 77 heavy (non-hydrogen) atoms. The molecule has 412 valence electrons. The number of rotatable bonds is 22. The van der Waals surface area contributed by atoms with E-state index in [1.807, 2.05) is 0 Å². The zero-order valence-electron chi connectivity index (χ0n) is 45.1. The van der Waals surface area contributed by atoms with E-state index in [4.69, 9.17) is 19.2 Å². The molecule has 0 fully saturated rings. The molecule has 7 rings (SSSR count). The number of hydrogen-bond donors (Lipinski definition) is 4. The normalized spacial score (nSPS) is 16.9. The van der Waals surface area contributed by atoms with Crippen LogP contribution >= 0.6 is 0 Å². The first-order valence-corrected chi connectivity index (χ1v) is 26.1. The van der Waals surface area contributed by atoms with Crippen molar-refractivity contribution in [2.24, 2.45) is 5.92 Å². The highest BCUT2D eigenvalue weighted by atomic mass is 19.1. The van der Waals surface area contributed by atoms with E-state index in [1.54, 1.807) is 96.7 Å². The van der Waals surface area contributed by atoms with Gasteiger partial charge in [0.05, 0.1) is 61.2 Å². The van der Waals surface area contributed by atoms with Crippen molar-refractivity contribution in [1.29, 1.82) is 0 Å². The van der Waals surface area contributed by atoms with Gasteiger partial charge in [-0.3, -0.25) is 43.3 Å². The van der Waals surface area contributed by atoms with Crippen LogP contribution in [0.1, 0.15) is 138 Å². The molecule has 0 saturated carbocycles. The molecule has 0 radical (unpaired) electrons. The molecule has 2 aliphatic heterocycles. The molecular weight excluding hydrogens is 996 g/mol.